The van der Waals surface area contributed by atoms with Crippen LogP contribution in [0.25, 0.3) is 10.4 Å². The number of aromatic nitrogens is 1. The molecule has 1 amide bonds. The quantitative estimate of drug-likeness (QED) is 0.465. The molecule has 3 rings (SSSR count). The largest absolute Gasteiger partial charge is 0.462 e. The van der Waals surface area contributed by atoms with Gasteiger partial charge in [-0.2, -0.15) is 4.57 Å². The summed E-state index contributed by atoms with van der Waals surface area (Å²) >= 11 is 1.32. The molecular formula is C23H25N2O3S+. The molecule has 150 valence electrons. The maximum absolute atomic E-state index is 12.7. The van der Waals surface area contributed by atoms with Crippen molar-refractivity contribution in [2.45, 2.75) is 33.7 Å². The molecule has 0 aliphatic rings. The van der Waals surface area contributed by atoms with Crippen LogP contribution in [0, 0.1) is 6.92 Å². The molecule has 0 aliphatic heterocycles. The highest BCUT2D eigenvalue weighted by Crippen LogP contribution is 2.35. The lowest BCUT2D eigenvalue weighted by molar-refractivity contribution is -0.690. The first-order valence-electron chi connectivity index (χ1n) is 9.67. The van der Waals surface area contributed by atoms with E-state index in [1.165, 1.54) is 11.3 Å². The van der Waals surface area contributed by atoms with Gasteiger partial charge in [0.1, 0.15) is 4.88 Å². The Morgan fingerprint density at radius 1 is 1.10 bits per heavy atom. The van der Waals surface area contributed by atoms with E-state index in [9.17, 15) is 9.59 Å². The summed E-state index contributed by atoms with van der Waals surface area (Å²) in [7, 11) is 0. The highest BCUT2D eigenvalue weighted by molar-refractivity contribution is 7.18. The molecule has 0 unspecified atom stereocenters. The van der Waals surface area contributed by atoms with Crippen LogP contribution in [0.4, 0.5) is 5.69 Å². The molecule has 29 heavy (non-hydrogen) atoms. The Kier molecular flexibility index (Phi) is 6.77. The molecule has 0 spiro atoms. The van der Waals surface area contributed by atoms with Gasteiger partial charge in [-0.15, -0.1) is 11.3 Å². The predicted molar refractivity (Wildman–Crippen MR) is 115 cm³/mol. The van der Waals surface area contributed by atoms with Crippen LogP contribution in [0.15, 0.2) is 54.7 Å². The fourth-order valence-corrected chi connectivity index (χ4v) is 3.98. The second kappa shape index (κ2) is 9.47. The number of pyridine rings is 1. The number of carbonyl (C=O) groups is 2. The van der Waals surface area contributed by atoms with E-state index in [2.05, 4.69) is 18.3 Å². The van der Waals surface area contributed by atoms with E-state index >= 15 is 0 Å². The number of aryl methyl sites for hydroxylation is 2. The highest BCUT2D eigenvalue weighted by atomic mass is 32.1. The predicted octanol–water partition coefficient (Wildman–Crippen LogP) is 4.39. The lowest BCUT2D eigenvalue weighted by Crippen LogP contribution is -2.43. The topological polar surface area (TPSA) is 59.3 Å². The number of ether oxygens (including phenoxy) is 1. The molecule has 6 heteroatoms. The Hall–Kier alpha value is -2.99. The van der Waals surface area contributed by atoms with Crippen molar-refractivity contribution in [2.24, 2.45) is 0 Å². The van der Waals surface area contributed by atoms with Gasteiger partial charge in [0.05, 0.1) is 12.3 Å². The summed E-state index contributed by atoms with van der Waals surface area (Å²) in [6.45, 7) is 6.27. The van der Waals surface area contributed by atoms with Gasteiger partial charge in [-0.1, -0.05) is 37.3 Å². The van der Waals surface area contributed by atoms with Gasteiger partial charge in [0.15, 0.2) is 11.9 Å². The van der Waals surface area contributed by atoms with Gasteiger partial charge in [0.2, 0.25) is 6.54 Å². The van der Waals surface area contributed by atoms with E-state index in [0.717, 1.165) is 28.1 Å². The first-order chi connectivity index (χ1) is 14.0. The number of amides is 1. The van der Waals surface area contributed by atoms with E-state index in [0.29, 0.717) is 10.6 Å². The molecule has 1 aromatic carbocycles. The molecule has 0 aliphatic carbocycles. The van der Waals surface area contributed by atoms with Crippen molar-refractivity contribution < 1.29 is 18.9 Å². The van der Waals surface area contributed by atoms with Crippen molar-refractivity contribution in [1.29, 1.82) is 0 Å². The van der Waals surface area contributed by atoms with Gasteiger partial charge in [0, 0.05) is 23.4 Å². The minimum atomic E-state index is -0.424. The minimum absolute atomic E-state index is 0.179. The number of esters is 1. The van der Waals surface area contributed by atoms with Crippen LogP contribution in [0.3, 0.4) is 0 Å². The zero-order valence-electron chi connectivity index (χ0n) is 16.9. The highest BCUT2D eigenvalue weighted by Gasteiger charge is 2.21. The van der Waals surface area contributed by atoms with E-state index in [-0.39, 0.29) is 19.1 Å². The third-order valence-electron chi connectivity index (χ3n) is 4.56. The van der Waals surface area contributed by atoms with Gasteiger partial charge < -0.3 is 10.1 Å². The second-order valence-electron chi connectivity index (χ2n) is 6.65. The molecule has 3 aromatic rings. The van der Waals surface area contributed by atoms with Gasteiger partial charge in [-0.05, 0) is 31.0 Å². The Labute approximate surface area is 175 Å². The summed E-state index contributed by atoms with van der Waals surface area (Å²) in [5.41, 5.74) is 3.64. The Balaban J connectivity index is 1.86. The minimum Gasteiger partial charge on any atom is -0.462 e. The standard InChI is InChI=1S/C23H24N2O3S/c1-4-17-12-11-16(3)25(14-17)15-21(26)24-19-13-20(18-9-7-6-8-10-18)29-22(19)23(27)28-5-2/h6-14H,4-5,15H2,1-3H3/p+1. The summed E-state index contributed by atoms with van der Waals surface area (Å²) < 4.78 is 7.10. The molecule has 5 nitrogen and oxygen atoms in total. The van der Waals surface area contributed by atoms with Crippen LogP contribution in [0.1, 0.15) is 34.8 Å². The van der Waals surface area contributed by atoms with Crippen molar-refractivity contribution in [3.8, 4) is 10.4 Å². The molecule has 0 saturated carbocycles. The van der Waals surface area contributed by atoms with Crippen molar-refractivity contribution >= 4 is 28.9 Å². The van der Waals surface area contributed by atoms with Crippen LogP contribution in [-0.4, -0.2) is 18.5 Å². The molecule has 1 N–H and O–H groups in total. The van der Waals surface area contributed by atoms with E-state index < -0.39 is 5.97 Å². The average molecular weight is 410 g/mol. The smallest absolute Gasteiger partial charge is 0.350 e. The molecule has 0 radical (unpaired) electrons. The summed E-state index contributed by atoms with van der Waals surface area (Å²) in [5, 5.41) is 2.90. The molecule has 0 atom stereocenters. The summed E-state index contributed by atoms with van der Waals surface area (Å²) in [6, 6.07) is 15.7. The molecule has 0 fully saturated rings. The monoisotopic (exact) mass is 409 g/mol. The number of anilines is 1. The van der Waals surface area contributed by atoms with Crippen molar-refractivity contribution in [3.63, 3.8) is 0 Å². The number of hydrogen-bond acceptors (Lipinski definition) is 4. The summed E-state index contributed by atoms with van der Waals surface area (Å²) in [6.07, 6.45) is 2.89. The maximum atomic E-state index is 12.7. The van der Waals surface area contributed by atoms with E-state index in [1.54, 1.807) is 6.92 Å². The first-order valence-corrected chi connectivity index (χ1v) is 10.5. The average Bonchev–Trinajstić information content (AvgIpc) is 3.14. The number of hydrogen-bond donors (Lipinski definition) is 1. The summed E-state index contributed by atoms with van der Waals surface area (Å²) in [5.74, 6) is -0.610. The molecule has 0 bridgehead atoms. The van der Waals surface area contributed by atoms with Crippen molar-refractivity contribution in [1.82, 2.24) is 0 Å². The van der Waals surface area contributed by atoms with Crippen LogP contribution in [0.5, 0.6) is 0 Å². The fraction of sp³-hybridized carbons (Fsp3) is 0.261. The summed E-state index contributed by atoms with van der Waals surface area (Å²) in [4.78, 5) is 26.5. The van der Waals surface area contributed by atoms with Crippen molar-refractivity contribution in [2.75, 3.05) is 11.9 Å². The van der Waals surface area contributed by atoms with Gasteiger partial charge in [-0.3, -0.25) is 4.79 Å². The zero-order chi connectivity index (χ0) is 20.8. The third kappa shape index (κ3) is 5.09. The van der Waals surface area contributed by atoms with Gasteiger partial charge in [0.25, 0.3) is 5.91 Å². The van der Waals surface area contributed by atoms with Gasteiger partial charge in [-0.25, -0.2) is 4.79 Å². The number of nitrogens with zero attached hydrogens (tertiary/aromatic N) is 1. The van der Waals surface area contributed by atoms with Gasteiger partial charge >= 0.3 is 5.97 Å². The first kappa shape index (κ1) is 20.7. The van der Waals surface area contributed by atoms with Crippen molar-refractivity contribution in [3.05, 3.63) is 70.9 Å². The molecular weight excluding hydrogens is 384 g/mol. The second-order valence-corrected chi connectivity index (χ2v) is 7.70. The normalized spacial score (nSPS) is 10.6. The Bertz CT molecular complexity index is 1010. The van der Waals surface area contributed by atoms with Crippen LogP contribution < -0.4 is 9.88 Å². The number of rotatable bonds is 7. The van der Waals surface area contributed by atoms with Crippen LogP contribution >= 0.6 is 11.3 Å². The molecule has 2 aromatic heterocycles. The van der Waals surface area contributed by atoms with Crippen LogP contribution in [-0.2, 0) is 22.5 Å². The number of benzene rings is 1. The SMILES string of the molecule is CCOC(=O)c1sc(-c2ccccc2)cc1NC(=O)C[n+]1cc(CC)ccc1C. The number of thiophene rings is 1. The maximum Gasteiger partial charge on any atom is 0.350 e. The Morgan fingerprint density at radius 2 is 1.86 bits per heavy atom. The molecule has 0 saturated heterocycles. The van der Waals surface area contributed by atoms with E-state index in [1.807, 2.05) is 60.2 Å². The fourth-order valence-electron chi connectivity index (χ4n) is 2.97. The lowest BCUT2D eigenvalue weighted by atomic mass is 10.2. The number of carbonyl (C=O) groups excluding carboxylic acids is 2. The Morgan fingerprint density at radius 3 is 2.55 bits per heavy atom. The lowest BCUT2D eigenvalue weighted by Gasteiger charge is -2.06. The van der Waals surface area contributed by atoms with E-state index in [4.69, 9.17) is 4.74 Å². The zero-order valence-corrected chi connectivity index (χ0v) is 17.7. The molecule has 2 heterocycles. The van der Waals surface area contributed by atoms with Crippen LogP contribution in [0.2, 0.25) is 0 Å². The third-order valence-corrected chi connectivity index (χ3v) is 5.72. The number of nitrogens with one attached hydrogen (secondary N) is 1.